The Morgan fingerprint density at radius 1 is 1.22 bits per heavy atom. The van der Waals surface area contributed by atoms with Gasteiger partial charge in [0.05, 0.1) is 4.91 Å². The van der Waals surface area contributed by atoms with Gasteiger partial charge in [-0.15, -0.1) is 12.6 Å². The van der Waals surface area contributed by atoms with Gasteiger partial charge >= 0.3 is 5.97 Å². The molecule has 0 aliphatic rings. The lowest BCUT2D eigenvalue weighted by Gasteiger charge is -2.05. The van der Waals surface area contributed by atoms with Crippen molar-refractivity contribution in [2.75, 3.05) is 0 Å². The van der Waals surface area contributed by atoms with Gasteiger partial charge in [-0.1, -0.05) is 43.3 Å². The molecule has 92 valence electrons. The number of benzene rings is 2. The molecule has 2 aromatic rings. The first kappa shape index (κ1) is 12.7. The highest BCUT2D eigenvalue weighted by atomic mass is 32.1. The Kier molecular flexibility index (Phi) is 4.05. The van der Waals surface area contributed by atoms with Crippen LogP contribution < -0.4 is 4.74 Å². The number of thiol groups is 1. The van der Waals surface area contributed by atoms with Crippen molar-refractivity contribution in [3.05, 3.63) is 53.4 Å². The zero-order valence-electron chi connectivity index (χ0n) is 10.1. The molecule has 0 bridgehead atoms. The van der Waals surface area contributed by atoms with E-state index in [2.05, 4.69) is 12.6 Å². The van der Waals surface area contributed by atoms with Gasteiger partial charge in [-0.2, -0.15) is 0 Å². The molecule has 0 aromatic heterocycles. The van der Waals surface area contributed by atoms with Gasteiger partial charge in [0.1, 0.15) is 5.75 Å². The van der Waals surface area contributed by atoms with E-state index in [-0.39, 0.29) is 0 Å². The van der Waals surface area contributed by atoms with Crippen molar-refractivity contribution in [2.24, 2.45) is 0 Å². The normalized spacial score (nSPS) is 11.6. The maximum Gasteiger partial charge on any atom is 0.349 e. The van der Waals surface area contributed by atoms with E-state index in [1.165, 1.54) is 0 Å². The van der Waals surface area contributed by atoms with Crippen molar-refractivity contribution in [2.45, 2.75) is 13.3 Å². The SMILES string of the molecule is CCC=C(S)C(=O)Oc1ccc2ccccc2c1. The number of carbonyl (C=O) groups excluding carboxylic acids is 1. The molecule has 18 heavy (non-hydrogen) atoms. The number of fused-ring (bicyclic) bond motifs is 1. The highest BCUT2D eigenvalue weighted by molar-refractivity contribution is 7.85. The predicted molar refractivity (Wildman–Crippen MR) is 76.9 cm³/mol. The topological polar surface area (TPSA) is 26.3 Å². The first-order chi connectivity index (χ1) is 8.70. The third kappa shape index (κ3) is 2.93. The van der Waals surface area contributed by atoms with Crippen LogP contribution in [-0.2, 0) is 4.79 Å². The van der Waals surface area contributed by atoms with Crippen LogP contribution in [0.5, 0.6) is 5.75 Å². The number of carbonyl (C=O) groups is 1. The van der Waals surface area contributed by atoms with E-state index in [0.29, 0.717) is 10.7 Å². The molecule has 0 fully saturated rings. The fourth-order valence-corrected chi connectivity index (χ4v) is 1.90. The quantitative estimate of drug-likeness (QED) is 0.390. The Balaban J connectivity index is 2.22. The number of esters is 1. The van der Waals surface area contributed by atoms with Crippen LogP contribution in [-0.4, -0.2) is 5.97 Å². The summed E-state index contributed by atoms with van der Waals surface area (Å²) >= 11 is 4.10. The van der Waals surface area contributed by atoms with Crippen molar-refractivity contribution in [1.82, 2.24) is 0 Å². The molecule has 0 N–H and O–H groups in total. The highest BCUT2D eigenvalue weighted by Gasteiger charge is 2.08. The number of rotatable bonds is 3. The molecule has 0 radical (unpaired) electrons. The second-order valence-corrected chi connectivity index (χ2v) is 4.38. The second kappa shape index (κ2) is 5.74. The molecule has 0 heterocycles. The monoisotopic (exact) mass is 258 g/mol. The minimum Gasteiger partial charge on any atom is -0.423 e. The fourth-order valence-electron chi connectivity index (χ4n) is 1.67. The summed E-state index contributed by atoms with van der Waals surface area (Å²) < 4.78 is 5.25. The number of hydrogen-bond acceptors (Lipinski definition) is 3. The van der Waals surface area contributed by atoms with Crippen LogP contribution in [0.2, 0.25) is 0 Å². The maximum absolute atomic E-state index is 11.7. The van der Waals surface area contributed by atoms with E-state index in [0.717, 1.165) is 17.2 Å². The van der Waals surface area contributed by atoms with E-state index in [1.807, 2.05) is 43.3 Å². The Morgan fingerprint density at radius 3 is 2.67 bits per heavy atom. The van der Waals surface area contributed by atoms with Crippen LogP contribution in [0.3, 0.4) is 0 Å². The zero-order valence-corrected chi connectivity index (χ0v) is 11.0. The van der Waals surface area contributed by atoms with E-state index >= 15 is 0 Å². The summed E-state index contributed by atoms with van der Waals surface area (Å²) in [5.41, 5.74) is 0. The van der Waals surface area contributed by atoms with Crippen LogP contribution >= 0.6 is 12.6 Å². The molecule has 0 spiro atoms. The first-order valence-corrected chi connectivity index (χ1v) is 6.25. The molecule has 2 rings (SSSR count). The van der Waals surface area contributed by atoms with Gasteiger partial charge in [0.15, 0.2) is 0 Å². The number of hydrogen-bond donors (Lipinski definition) is 1. The molecule has 0 aliphatic heterocycles. The molecule has 0 saturated carbocycles. The third-order valence-electron chi connectivity index (χ3n) is 2.54. The largest absolute Gasteiger partial charge is 0.423 e. The molecule has 0 amide bonds. The van der Waals surface area contributed by atoms with E-state index < -0.39 is 5.97 Å². The molecule has 0 saturated heterocycles. The zero-order chi connectivity index (χ0) is 13.0. The van der Waals surface area contributed by atoms with Crippen molar-refractivity contribution in [1.29, 1.82) is 0 Å². The molecule has 0 aliphatic carbocycles. The Hall–Kier alpha value is -1.74. The Morgan fingerprint density at radius 2 is 1.94 bits per heavy atom. The lowest BCUT2D eigenvalue weighted by Crippen LogP contribution is -2.07. The van der Waals surface area contributed by atoms with Gasteiger partial charge in [0.2, 0.25) is 0 Å². The molecule has 0 atom stereocenters. The maximum atomic E-state index is 11.7. The highest BCUT2D eigenvalue weighted by Crippen LogP contribution is 2.21. The smallest absolute Gasteiger partial charge is 0.349 e. The average Bonchev–Trinajstić information content (AvgIpc) is 2.39. The number of ether oxygens (including phenoxy) is 1. The summed E-state index contributed by atoms with van der Waals surface area (Å²) in [4.78, 5) is 12.0. The van der Waals surface area contributed by atoms with Gasteiger partial charge in [0, 0.05) is 0 Å². The molecule has 0 unspecified atom stereocenters. The Labute approximate surface area is 112 Å². The van der Waals surface area contributed by atoms with E-state index in [1.54, 1.807) is 12.1 Å². The minimum absolute atomic E-state index is 0.339. The summed E-state index contributed by atoms with van der Waals surface area (Å²) in [6.45, 7) is 1.94. The van der Waals surface area contributed by atoms with Crippen molar-refractivity contribution in [3.63, 3.8) is 0 Å². The average molecular weight is 258 g/mol. The van der Waals surface area contributed by atoms with Crippen molar-refractivity contribution >= 4 is 29.4 Å². The molecule has 2 aromatic carbocycles. The van der Waals surface area contributed by atoms with Gasteiger partial charge in [0.25, 0.3) is 0 Å². The van der Waals surface area contributed by atoms with Crippen LogP contribution in [0.15, 0.2) is 53.4 Å². The summed E-state index contributed by atoms with van der Waals surface area (Å²) in [7, 11) is 0. The van der Waals surface area contributed by atoms with Gasteiger partial charge in [-0.25, -0.2) is 4.79 Å². The first-order valence-electron chi connectivity index (χ1n) is 5.81. The molecular formula is C15H14O2S. The lowest BCUT2D eigenvalue weighted by molar-refractivity contribution is -0.129. The van der Waals surface area contributed by atoms with E-state index in [4.69, 9.17) is 4.74 Å². The lowest BCUT2D eigenvalue weighted by atomic mass is 10.1. The van der Waals surface area contributed by atoms with Gasteiger partial charge < -0.3 is 4.74 Å². The van der Waals surface area contributed by atoms with Crippen LogP contribution in [0, 0.1) is 0 Å². The molecular weight excluding hydrogens is 244 g/mol. The molecule has 3 heteroatoms. The molecule has 2 nitrogen and oxygen atoms in total. The fraction of sp³-hybridized carbons (Fsp3) is 0.133. The van der Waals surface area contributed by atoms with Crippen LogP contribution in [0.1, 0.15) is 13.3 Å². The van der Waals surface area contributed by atoms with Gasteiger partial charge in [-0.3, -0.25) is 0 Å². The predicted octanol–water partition coefficient (Wildman–Crippen LogP) is 3.97. The third-order valence-corrected chi connectivity index (χ3v) is 2.90. The van der Waals surface area contributed by atoms with Gasteiger partial charge in [-0.05, 0) is 29.3 Å². The Bertz CT molecular complexity index is 602. The van der Waals surface area contributed by atoms with Crippen LogP contribution in [0.25, 0.3) is 10.8 Å². The van der Waals surface area contributed by atoms with Crippen molar-refractivity contribution in [3.8, 4) is 5.75 Å². The summed E-state index contributed by atoms with van der Waals surface area (Å²) in [6, 6.07) is 13.5. The minimum atomic E-state index is -0.421. The summed E-state index contributed by atoms with van der Waals surface area (Å²) in [5.74, 6) is 0.116. The second-order valence-electron chi connectivity index (χ2n) is 3.90. The summed E-state index contributed by atoms with van der Waals surface area (Å²) in [6.07, 6.45) is 2.48. The summed E-state index contributed by atoms with van der Waals surface area (Å²) in [5, 5.41) is 2.16. The van der Waals surface area contributed by atoms with Crippen LogP contribution in [0.4, 0.5) is 0 Å². The standard InChI is InChI=1S/C15H14O2S/c1-2-5-14(18)15(16)17-13-9-8-11-6-3-4-7-12(11)10-13/h3-10,18H,2H2,1H3. The van der Waals surface area contributed by atoms with Crippen molar-refractivity contribution < 1.29 is 9.53 Å². The van der Waals surface area contributed by atoms with E-state index in [9.17, 15) is 4.79 Å². The number of allylic oxidation sites excluding steroid dienone is 1.